The summed E-state index contributed by atoms with van der Waals surface area (Å²) < 4.78 is 57.1. The van der Waals surface area contributed by atoms with Gasteiger partial charge in [0.05, 0.1) is 5.56 Å². The summed E-state index contributed by atoms with van der Waals surface area (Å²) in [6.45, 7) is 0.398. The second kappa shape index (κ2) is 10.9. The van der Waals surface area contributed by atoms with Gasteiger partial charge in [0.1, 0.15) is 17.3 Å². The lowest BCUT2D eigenvalue weighted by Gasteiger charge is -2.09. The Morgan fingerprint density at radius 1 is 1.00 bits per heavy atom. The third kappa shape index (κ3) is 7.01. The average molecular weight is 481 g/mol. The molecule has 0 aliphatic carbocycles. The number of amides is 2. The number of benzene rings is 2. The summed E-state index contributed by atoms with van der Waals surface area (Å²) >= 11 is 1.19. The molecule has 2 aromatic carbocycles. The van der Waals surface area contributed by atoms with E-state index < -0.39 is 29.4 Å². The molecule has 1 heterocycles. The minimum absolute atomic E-state index is 0.0143. The minimum atomic E-state index is -4.53. The number of alkyl halides is 3. The zero-order valence-electron chi connectivity index (χ0n) is 17.1. The van der Waals surface area contributed by atoms with Crippen molar-refractivity contribution in [2.45, 2.75) is 19.2 Å². The van der Waals surface area contributed by atoms with Crippen LogP contribution in [-0.4, -0.2) is 29.9 Å². The standard InChI is InChI=1S/C22H19F4N3O3S/c23-16-7-1-2-8-18(16)32-12-19-29-17(13-33-19)21(31)28-10-4-9-27-20(30)14-5-3-6-15(11-14)22(24,25)26/h1-3,5-8,11,13H,4,9-10,12H2,(H,27,30)(H,28,31). The van der Waals surface area contributed by atoms with E-state index in [1.54, 1.807) is 17.5 Å². The van der Waals surface area contributed by atoms with E-state index in [-0.39, 0.29) is 36.7 Å². The van der Waals surface area contributed by atoms with Gasteiger partial charge in [-0.05, 0) is 36.8 Å². The summed E-state index contributed by atoms with van der Waals surface area (Å²) in [7, 11) is 0. The monoisotopic (exact) mass is 481 g/mol. The molecule has 0 aliphatic heterocycles. The summed E-state index contributed by atoms with van der Waals surface area (Å²) in [4.78, 5) is 28.3. The van der Waals surface area contributed by atoms with Gasteiger partial charge in [0.15, 0.2) is 11.6 Å². The molecule has 33 heavy (non-hydrogen) atoms. The van der Waals surface area contributed by atoms with Crippen molar-refractivity contribution in [2.75, 3.05) is 13.1 Å². The molecule has 1 aromatic heterocycles. The van der Waals surface area contributed by atoms with Crippen molar-refractivity contribution in [3.63, 3.8) is 0 Å². The summed E-state index contributed by atoms with van der Waals surface area (Å²) in [6, 6.07) is 10.1. The van der Waals surface area contributed by atoms with Crippen molar-refractivity contribution in [2.24, 2.45) is 0 Å². The van der Waals surface area contributed by atoms with Crippen LogP contribution in [0.15, 0.2) is 53.9 Å². The molecule has 0 saturated heterocycles. The molecule has 2 N–H and O–H groups in total. The Morgan fingerprint density at radius 3 is 2.45 bits per heavy atom. The normalized spacial score (nSPS) is 11.2. The molecule has 11 heteroatoms. The van der Waals surface area contributed by atoms with Crippen LogP contribution in [0.5, 0.6) is 5.75 Å². The second-order valence-electron chi connectivity index (χ2n) is 6.79. The predicted octanol–water partition coefficient (Wildman–Crippen LogP) is 4.43. The van der Waals surface area contributed by atoms with Gasteiger partial charge in [0.2, 0.25) is 0 Å². The first-order valence-electron chi connectivity index (χ1n) is 9.79. The highest BCUT2D eigenvalue weighted by Crippen LogP contribution is 2.29. The van der Waals surface area contributed by atoms with Gasteiger partial charge >= 0.3 is 6.18 Å². The van der Waals surface area contributed by atoms with Gasteiger partial charge in [-0.3, -0.25) is 9.59 Å². The molecule has 0 atom stereocenters. The summed E-state index contributed by atoms with van der Waals surface area (Å²) in [5, 5.41) is 7.20. The van der Waals surface area contributed by atoms with Gasteiger partial charge in [0.25, 0.3) is 11.8 Å². The number of para-hydroxylation sites is 1. The average Bonchev–Trinajstić information content (AvgIpc) is 3.27. The van der Waals surface area contributed by atoms with E-state index in [2.05, 4.69) is 15.6 Å². The highest BCUT2D eigenvalue weighted by atomic mass is 32.1. The number of thiazole rings is 1. The Kier molecular flexibility index (Phi) is 7.99. The third-order valence-electron chi connectivity index (χ3n) is 4.35. The van der Waals surface area contributed by atoms with Crippen LogP contribution in [0.3, 0.4) is 0 Å². The van der Waals surface area contributed by atoms with E-state index in [0.29, 0.717) is 11.4 Å². The lowest BCUT2D eigenvalue weighted by Crippen LogP contribution is -2.30. The number of halogens is 4. The van der Waals surface area contributed by atoms with Gasteiger partial charge in [-0.2, -0.15) is 13.2 Å². The molecular weight excluding hydrogens is 462 g/mol. The van der Waals surface area contributed by atoms with Crippen molar-refractivity contribution >= 4 is 23.2 Å². The second-order valence-corrected chi connectivity index (χ2v) is 7.73. The first-order chi connectivity index (χ1) is 15.7. The fourth-order valence-electron chi connectivity index (χ4n) is 2.70. The van der Waals surface area contributed by atoms with Gasteiger partial charge in [-0.25, -0.2) is 9.37 Å². The molecule has 3 aromatic rings. The van der Waals surface area contributed by atoms with Crippen LogP contribution in [-0.2, 0) is 12.8 Å². The number of aromatic nitrogens is 1. The van der Waals surface area contributed by atoms with Crippen molar-refractivity contribution in [1.29, 1.82) is 0 Å². The minimum Gasteiger partial charge on any atom is -0.483 e. The number of rotatable bonds is 9. The number of nitrogens with zero attached hydrogens (tertiary/aromatic N) is 1. The van der Waals surface area contributed by atoms with E-state index in [0.717, 1.165) is 12.1 Å². The Balaban J connectivity index is 1.39. The van der Waals surface area contributed by atoms with Gasteiger partial charge < -0.3 is 15.4 Å². The third-order valence-corrected chi connectivity index (χ3v) is 5.17. The molecule has 0 bridgehead atoms. The molecule has 174 valence electrons. The number of ether oxygens (including phenoxy) is 1. The molecule has 0 aliphatic rings. The van der Waals surface area contributed by atoms with Crippen molar-refractivity contribution < 1.29 is 31.9 Å². The van der Waals surface area contributed by atoms with Crippen LogP contribution in [0.1, 0.15) is 37.8 Å². The first-order valence-corrected chi connectivity index (χ1v) is 10.7. The van der Waals surface area contributed by atoms with E-state index in [9.17, 15) is 27.2 Å². The van der Waals surface area contributed by atoms with E-state index >= 15 is 0 Å². The quantitative estimate of drug-likeness (QED) is 0.350. The summed E-state index contributed by atoms with van der Waals surface area (Å²) in [5.41, 5.74) is -0.814. The highest BCUT2D eigenvalue weighted by molar-refractivity contribution is 7.09. The molecule has 0 unspecified atom stereocenters. The summed E-state index contributed by atoms with van der Waals surface area (Å²) in [5.74, 6) is -1.46. The van der Waals surface area contributed by atoms with Crippen LogP contribution >= 0.6 is 11.3 Å². The molecule has 0 spiro atoms. The van der Waals surface area contributed by atoms with Crippen LogP contribution in [0.2, 0.25) is 0 Å². The molecule has 0 fully saturated rings. The maximum atomic E-state index is 13.6. The van der Waals surface area contributed by atoms with Crippen molar-refractivity contribution in [3.05, 3.63) is 81.6 Å². The highest BCUT2D eigenvalue weighted by Gasteiger charge is 2.30. The zero-order valence-corrected chi connectivity index (χ0v) is 17.9. The number of carbonyl (C=O) groups excluding carboxylic acids is 2. The lowest BCUT2D eigenvalue weighted by atomic mass is 10.1. The SMILES string of the molecule is O=C(NCCCNC(=O)c1csc(COc2ccccc2F)n1)c1cccc(C(F)(F)F)c1. The van der Waals surface area contributed by atoms with Gasteiger partial charge in [-0.1, -0.05) is 18.2 Å². The fraction of sp³-hybridized carbons (Fsp3) is 0.227. The Morgan fingerprint density at radius 2 is 1.73 bits per heavy atom. The van der Waals surface area contributed by atoms with Crippen LogP contribution < -0.4 is 15.4 Å². The Labute approximate surface area is 190 Å². The number of nitrogens with one attached hydrogen (secondary N) is 2. The maximum Gasteiger partial charge on any atom is 0.416 e. The van der Waals surface area contributed by atoms with Crippen LogP contribution in [0.4, 0.5) is 17.6 Å². The molecule has 2 amide bonds. The molecular formula is C22H19F4N3O3S. The molecule has 0 radical (unpaired) electrons. The maximum absolute atomic E-state index is 13.6. The van der Waals surface area contributed by atoms with Crippen molar-refractivity contribution in [1.82, 2.24) is 15.6 Å². The number of hydrogen-bond donors (Lipinski definition) is 2. The van der Waals surface area contributed by atoms with Gasteiger partial charge in [-0.15, -0.1) is 11.3 Å². The lowest BCUT2D eigenvalue weighted by molar-refractivity contribution is -0.137. The van der Waals surface area contributed by atoms with E-state index in [1.807, 2.05) is 0 Å². The van der Waals surface area contributed by atoms with Gasteiger partial charge in [0, 0.05) is 24.0 Å². The number of carbonyl (C=O) groups is 2. The smallest absolute Gasteiger partial charge is 0.416 e. The zero-order chi connectivity index (χ0) is 23.8. The van der Waals surface area contributed by atoms with E-state index in [4.69, 9.17) is 4.74 Å². The van der Waals surface area contributed by atoms with E-state index in [1.165, 1.54) is 35.6 Å². The Bertz CT molecular complexity index is 1120. The summed E-state index contributed by atoms with van der Waals surface area (Å²) in [6.07, 6.45) is -4.16. The van der Waals surface area contributed by atoms with Crippen LogP contribution in [0.25, 0.3) is 0 Å². The molecule has 3 rings (SSSR count). The largest absolute Gasteiger partial charge is 0.483 e. The molecule has 0 saturated carbocycles. The first kappa shape index (κ1) is 24.2. The fourth-order valence-corrected chi connectivity index (χ4v) is 3.39. The van der Waals surface area contributed by atoms with Crippen molar-refractivity contribution in [3.8, 4) is 5.75 Å². The topological polar surface area (TPSA) is 80.3 Å². The predicted molar refractivity (Wildman–Crippen MR) is 114 cm³/mol. The molecule has 6 nitrogen and oxygen atoms in total. The van der Waals surface area contributed by atoms with Crippen LogP contribution in [0, 0.1) is 5.82 Å². The number of hydrogen-bond acceptors (Lipinski definition) is 5. The Hall–Kier alpha value is -3.47.